The van der Waals surface area contributed by atoms with Gasteiger partial charge in [-0.3, -0.25) is 9.52 Å². The maximum atomic E-state index is 12.7. The minimum atomic E-state index is -3.73. The first-order chi connectivity index (χ1) is 14.8. The van der Waals surface area contributed by atoms with Crippen molar-refractivity contribution in [3.05, 3.63) is 88.4 Å². The van der Waals surface area contributed by atoms with Crippen molar-refractivity contribution in [2.45, 2.75) is 24.5 Å². The van der Waals surface area contributed by atoms with Crippen LogP contribution in [0, 0.1) is 13.8 Å². The van der Waals surface area contributed by atoms with E-state index in [2.05, 4.69) is 10.0 Å². The number of benzene rings is 3. The number of aryl methyl sites for hydroxylation is 2. The molecule has 0 aliphatic heterocycles. The smallest absolute Gasteiger partial charge is 0.261 e. The Morgan fingerprint density at radius 2 is 1.58 bits per heavy atom. The van der Waals surface area contributed by atoms with E-state index in [0.717, 1.165) is 16.7 Å². The van der Waals surface area contributed by atoms with Crippen LogP contribution < -0.4 is 10.0 Å². The fourth-order valence-electron chi connectivity index (χ4n) is 2.95. The molecule has 31 heavy (non-hydrogen) atoms. The van der Waals surface area contributed by atoms with Crippen LogP contribution in [0.5, 0.6) is 0 Å². The summed E-state index contributed by atoms with van der Waals surface area (Å²) in [4.78, 5) is 12.3. The van der Waals surface area contributed by atoms with E-state index < -0.39 is 10.0 Å². The molecule has 0 aliphatic rings. The number of para-hydroxylation sites is 1. The Labute approximate surface area is 192 Å². The SMILES string of the molecule is Cc1cccc(C)c1NS(=O)(=O)c1ccc(NC(=O)CSCc2ccccc2Cl)cc1. The predicted octanol–water partition coefficient (Wildman–Crippen LogP) is 5.63. The number of hydrogen-bond acceptors (Lipinski definition) is 4. The van der Waals surface area contributed by atoms with Crippen molar-refractivity contribution in [1.29, 1.82) is 0 Å². The molecule has 162 valence electrons. The van der Waals surface area contributed by atoms with E-state index in [1.807, 2.05) is 56.3 Å². The molecule has 0 saturated heterocycles. The fourth-order valence-corrected chi connectivity index (χ4v) is 5.27. The third-order valence-corrected chi connectivity index (χ3v) is 7.33. The van der Waals surface area contributed by atoms with Crippen molar-refractivity contribution in [2.24, 2.45) is 0 Å². The summed E-state index contributed by atoms with van der Waals surface area (Å²) in [6.45, 7) is 3.71. The molecule has 8 heteroatoms. The van der Waals surface area contributed by atoms with Gasteiger partial charge in [-0.15, -0.1) is 11.8 Å². The number of amides is 1. The van der Waals surface area contributed by atoms with Crippen LogP contribution >= 0.6 is 23.4 Å². The number of rotatable bonds is 8. The summed E-state index contributed by atoms with van der Waals surface area (Å²) < 4.78 is 28.1. The summed E-state index contributed by atoms with van der Waals surface area (Å²) in [6, 6.07) is 19.2. The van der Waals surface area contributed by atoms with Gasteiger partial charge in [0.15, 0.2) is 0 Å². The van der Waals surface area contributed by atoms with E-state index in [1.54, 1.807) is 12.1 Å². The molecule has 0 fully saturated rings. The van der Waals surface area contributed by atoms with Crippen LogP contribution in [0.3, 0.4) is 0 Å². The number of sulfonamides is 1. The van der Waals surface area contributed by atoms with Gasteiger partial charge in [-0.1, -0.05) is 48.0 Å². The standard InChI is InChI=1S/C23H23ClN2O3S2/c1-16-6-5-7-17(2)23(16)26-31(28,29)20-12-10-19(11-13-20)25-22(27)15-30-14-18-8-3-4-9-21(18)24/h3-13,26H,14-15H2,1-2H3,(H,25,27). The molecule has 3 aromatic rings. The lowest BCUT2D eigenvalue weighted by atomic mass is 10.1. The van der Waals surface area contributed by atoms with Crippen LogP contribution in [0.4, 0.5) is 11.4 Å². The van der Waals surface area contributed by atoms with Crippen molar-refractivity contribution in [3.63, 3.8) is 0 Å². The van der Waals surface area contributed by atoms with E-state index >= 15 is 0 Å². The van der Waals surface area contributed by atoms with Gasteiger partial charge >= 0.3 is 0 Å². The molecule has 3 aromatic carbocycles. The highest BCUT2D eigenvalue weighted by Gasteiger charge is 2.16. The molecule has 0 heterocycles. The van der Waals surface area contributed by atoms with Crippen LogP contribution in [0.1, 0.15) is 16.7 Å². The predicted molar refractivity (Wildman–Crippen MR) is 129 cm³/mol. The third kappa shape index (κ3) is 6.26. The fraction of sp³-hybridized carbons (Fsp3) is 0.174. The van der Waals surface area contributed by atoms with Crippen molar-refractivity contribution in [1.82, 2.24) is 0 Å². The van der Waals surface area contributed by atoms with Gasteiger partial charge in [0.05, 0.1) is 16.3 Å². The number of nitrogens with one attached hydrogen (secondary N) is 2. The number of anilines is 2. The molecule has 0 saturated carbocycles. The lowest BCUT2D eigenvalue weighted by Gasteiger charge is -2.13. The highest BCUT2D eigenvalue weighted by atomic mass is 35.5. The summed E-state index contributed by atoms with van der Waals surface area (Å²) in [5, 5.41) is 3.46. The third-order valence-electron chi connectivity index (χ3n) is 4.61. The average molecular weight is 475 g/mol. The summed E-state index contributed by atoms with van der Waals surface area (Å²) >= 11 is 7.58. The summed E-state index contributed by atoms with van der Waals surface area (Å²) in [6.07, 6.45) is 0. The highest BCUT2D eigenvalue weighted by molar-refractivity contribution is 7.99. The zero-order valence-corrected chi connectivity index (χ0v) is 19.6. The molecule has 3 rings (SSSR count). The zero-order valence-electron chi connectivity index (χ0n) is 17.2. The molecular weight excluding hydrogens is 452 g/mol. The van der Waals surface area contributed by atoms with Crippen molar-refractivity contribution >= 4 is 50.7 Å². The van der Waals surface area contributed by atoms with Crippen molar-refractivity contribution in [2.75, 3.05) is 15.8 Å². The molecule has 5 nitrogen and oxygen atoms in total. The van der Waals surface area contributed by atoms with Gasteiger partial charge in [-0.05, 0) is 60.9 Å². The second-order valence-electron chi connectivity index (χ2n) is 7.03. The molecular formula is C23H23ClN2O3S2. The first kappa shape index (κ1) is 23.2. The van der Waals surface area contributed by atoms with E-state index in [0.29, 0.717) is 22.2 Å². The number of carbonyl (C=O) groups excluding carboxylic acids is 1. The number of halogens is 1. The number of thioether (sulfide) groups is 1. The van der Waals surface area contributed by atoms with E-state index in [9.17, 15) is 13.2 Å². The second-order valence-corrected chi connectivity index (χ2v) is 10.1. The molecule has 0 aromatic heterocycles. The zero-order chi connectivity index (χ0) is 22.4. The summed E-state index contributed by atoms with van der Waals surface area (Å²) in [5.41, 5.74) is 3.79. The van der Waals surface area contributed by atoms with Crippen LogP contribution in [0.15, 0.2) is 71.6 Å². The Kier molecular flexibility index (Phi) is 7.64. The lowest BCUT2D eigenvalue weighted by molar-refractivity contribution is -0.113. The van der Waals surface area contributed by atoms with E-state index in [4.69, 9.17) is 11.6 Å². The second kappa shape index (κ2) is 10.2. The minimum Gasteiger partial charge on any atom is -0.325 e. The molecule has 0 unspecified atom stereocenters. The molecule has 0 radical (unpaired) electrons. The Morgan fingerprint density at radius 1 is 0.935 bits per heavy atom. The van der Waals surface area contributed by atoms with Gasteiger partial charge in [0.2, 0.25) is 5.91 Å². The number of hydrogen-bond donors (Lipinski definition) is 2. The summed E-state index contributed by atoms with van der Waals surface area (Å²) in [7, 11) is -3.73. The maximum absolute atomic E-state index is 12.7. The van der Waals surface area contributed by atoms with E-state index in [1.165, 1.54) is 23.9 Å². The first-order valence-electron chi connectivity index (χ1n) is 9.56. The molecule has 0 atom stereocenters. The minimum absolute atomic E-state index is 0.126. The van der Waals surface area contributed by atoms with Crippen molar-refractivity contribution < 1.29 is 13.2 Å². The topological polar surface area (TPSA) is 75.3 Å². The molecule has 0 spiro atoms. The Balaban J connectivity index is 1.58. The maximum Gasteiger partial charge on any atom is 0.261 e. The molecule has 1 amide bonds. The first-order valence-corrected chi connectivity index (χ1v) is 12.6. The van der Waals surface area contributed by atoms with Gasteiger partial charge in [0, 0.05) is 16.5 Å². The van der Waals surface area contributed by atoms with Gasteiger partial charge in [0.1, 0.15) is 0 Å². The van der Waals surface area contributed by atoms with Crippen LogP contribution in [-0.4, -0.2) is 20.1 Å². The van der Waals surface area contributed by atoms with E-state index in [-0.39, 0.29) is 16.6 Å². The quantitative estimate of drug-likeness (QED) is 0.443. The number of carbonyl (C=O) groups is 1. The van der Waals surface area contributed by atoms with Gasteiger partial charge in [-0.25, -0.2) is 8.42 Å². The van der Waals surface area contributed by atoms with Crippen LogP contribution in [0.2, 0.25) is 5.02 Å². The Bertz CT molecular complexity index is 1160. The largest absolute Gasteiger partial charge is 0.325 e. The molecule has 2 N–H and O–H groups in total. The molecule has 0 aliphatic carbocycles. The Morgan fingerprint density at radius 3 is 2.23 bits per heavy atom. The monoisotopic (exact) mass is 474 g/mol. The summed E-state index contributed by atoms with van der Waals surface area (Å²) in [5.74, 6) is 0.731. The van der Waals surface area contributed by atoms with Crippen LogP contribution in [0.25, 0.3) is 0 Å². The molecule has 0 bridgehead atoms. The van der Waals surface area contributed by atoms with Crippen molar-refractivity contribution in [3.8, 4) is 0 Å². The normalized spacial score (nSPS) is 11.2. The van der Waals surface area contributed by atoms with Crippen LogP contribution in [-0.2, 0) is 20.6 Å². The average Bonchev–Trinajstić information content (AvgIpc) is 2.73. The van der Waals surface area contributed by atoms with Gasteiger partial charge in [-0.2, -0.15) is 0 Å². The van der Waals surface area contributed by atoms with Gasteiger partial charge < -0.3 is 5.32 Å². The lowest BCUT2D eigenvalue weighted by Crippen LogP contribution is -2.16. The van der Waals surface area contributed by atoms with Gasteiger partial charge in [0.25, 0.3) is 10.0 Å². The highest BCUT2D eigenvalue weighted by Crippen LogP contribution is 2.24. The Hall–Kier alpha value is -2.48.